The van der Waals surface area contributed by atoms with Crippen LogP contribution in [-0.2, 0) is 14.3 Å². The molecule has 0 saturated carbocycles. The molecule has 0 fully saturated rings. The highest BCUT2D eigenvalue weighted by molar-refractivity contribution is 6.04. The standard InChI is InChI=1S/C26H25NO5/c1-3-30-26(29)23-15(2)27-19-11-18(16-7-5-4-6-8-16)12-20(28)25(19)24(23)17-9-10-21-22(13-17)32-14-31-21/h4-10,13,18,24,27H,3,11-12,14H2,1-2H3/t18-,24+/m1/s1. The van der Waals surface area contributed by atoms with Crippen LogP contribution in [0.3, 0.4) is 0 Å². The van der Waals surface area contributed by atoms with E-state index in [0.29, 0.717) is 41.2 Å². The van der Waals surface area contributed by atoms with Crippen molar-refractivity contribution in [2.24, 2.45) is 0 Å². The molecule has 3 aliphatic rings. The van der Waals surface area contributed by atoms with E-state index in [4.69, 9.17) is 14.2 Å². The maximum Gasteiger partial charge on any atom is 0.336 e. The number of dihydropyridines is 1. The highest BCUT2D eigenvalue weighted by atomic mass is 16.7. The number of carbonyl (C=O) groups is 2. The number of nitrogens with one attached hydrogen (secondary N) is 1. The maximum absolute atomic E-state index is 13.5. The zero-order valence-electron chi connectivity index (χ0n) is 18.1. The van der Waals surface area contributed by atoms with Gasteiger partial charge < -0.3 is 19.5 Å². The molecular formula is C26H25NO5. The van der Waals surface area contributed by atoms with Crippen molar-refractivity contribution in [1.29, 1.82) is 0 Å². The van der Waals surface area contributed by atoms with E-state index >= 15 is 0 Å². The second-order valence-corrected chi connectivity index (χ2v) is 8.26. The summed E-state index contributed by atoms with van der Waals surface area (Å²) in [6, 6.07) is 15.7. The van der Waals surface area contributed by atoms with Gasteiger partial charge in [-0.1, -0.05) is 36.4 Å². The van der Waals surface area contributed by atoms with Crippen LogP contribution in [0, 0.1) is 0 Å². The van der Waals surface area contributed by atoms with Crippen LogP contribution in [0.1, 0.15) is 49.7 Å². The van der Waals surface area contributed by atoms with E-state index in [1.54, 1.807) is 6.92 Å². The first kappa shape index (κ1) is 20.4. The zero-order valence-corrected chi connectivity index (χ0v) is 18.1. The van der Waals surface area contributed by atoms with Gasteiger partial charge in [-0.15, -0.1) is 0 Å². The molecule has 0 bridgehead atoms. The van der Waals surface area contributed by atoms with Gasteiger partial charge in [-0.05, 0) is 49.4 Å². The SMILES string of the molecule is CCOC(=O)C1=C(C)NC2=C(C(=O)C[C@H](c3ccccc3)C2)[C@H]1c1ccc2c(c1)OCO2. The lowest BCUT2D eigenvalue weighted by Gasteiger charge is -2.36. The van der Waals surface area contributed by atoms with E-state index in [0.717, 1.165) is 16.8 Å². The first-order chi connectivity index (χ1) is 15.6. The number of hydrogen-bond acceptors (Lipinski definition) is 6. The first-order valence-corrected chi connectivity index (χ1v) is 10.9. The third-order valence-corrected chi connectivity index (χ3v) is 6.32. The molecule has 2 atom stereocenters. The van der Waals surface area contributed by atoms with E-state index in [2.05, 4.69) is 17.4 Å². The van der Waals surface area contributed by atoms with Gasteiger partial charge in [0.1, 0.15) is 0 Å². The van der Waals surface area contributed by atoms with Crippen molar-refractivity contribution in [2.45, 2.75) is 38.5 Å². The largest absolute Gasteiger partial charge is 0.463 e. The molecule has 32 heavy (non-hydrogen) atoms. The first-order valence-electron chi connectivity index (χ1n) is 10.9. The van der Waals surface area contributed by atoms with Crippen molar-refractivity contribution >= 4 is 11.8 Å². The number of hydrogen-bond donors (Lipinski definition) is 1. The summed E-state index contributed by atoms with van der Waals surface area (Å²) in [5.74, 6) is 0.506. The normalized spacial score (nSPS) is 21.9. The fourth-order valence-corrected chi connectivity index (χ4v) is 4.91. The van der Waals surface area contributed by atoms with Crippen LogP contribution in [0.25, 0.3) is 0 Å². The third kappa shape index (κ3) is 3.45. The van der Waals surface area contributed by atoms with Gasteiger partial charge in [-0.25, -0.2) is 4.79 Å². The van der Waals surface area contributed by atoms with Gasteiger partial charge in [0.25, 0.3) is 0 Å². The number of ether oxygens (including phenoxy) is 3. The number of fused-ring (bicyclic) bond motifs is 1. The molecule has 6 heteroatoms. The molecule has 0 unspecified atom stereocenters. The average Bonchev–Trinajstić information content (AvgIpc) is 3.26. The van der Waals surface area contributed by atoms with Crippen molar-refractivity contribution < 1.29 is 23.8 Å². The van der Waals surface area contributed by atoms with Gasteiger partial charge in [0, 0.05) is 29.3 Å². The summed E-state index contributed by atoms with van der Waals surface area (Å²) >= 11 is 0. The van der Waals surface area contributed by atoms with E-state index in [1.165, 1.54) is 0 Å². The van der Waals surface area contributed by atoms with Gasteiger partial charge in [0.15, 0.2) is 17.3 Å². The Bertz CT molecular complexity index is 1150. The average molecular weight is 431 g/mol. The minimum absolute atomic E-state index is 0.0459. The second kappa shape index (κ2) is 8.19. The number of benzene rings is 2. The van der Waals surface area contributed by atoms with Crippen molar-refractivity contribution in [3.63, 3.8) is 0 Å². The highest BCUT2D eigenvalue weighted by Gasteiger charge is 2.41. The summed E-state index contributed by atoms with van der Waals surface area (Å²) in [6.07, 6.45) is 1.11. The number of allylic oxidation sites excluding steroid dienone is 3. The molecule has 1 N–H and O–H groups in total. The van der Waals surface area contributed by atoms with Crippen molar-refractivity contribution in [3.05, 3.63) is 82.2 Å². The topological polar surface area (TPSA) is 73.9 Å². The van der Waals surface area contributed by atoms with Crippen LogP contribution in [-0.4, -0.2) is 25.2 Å². The molecule has 1 aliphatic carbocycles. The summed E-state index contributed by atoms with van der Waals surface area (Å²) in [5.41, 5.74) is 4.67. The van der Waals surface area contributed by atoms with Crippen LogP contribution in [0.15, 0.2) is 71.1 Å². The van der Waals surface area contributed by atoms with Crippen LogP contribution in [0.5, 0.6) is 11.5 Å². The summed E-state index contributed by atoms with van der Waals surface area (Å²) < 4.78 is 16.4. The molecule has 164 valence electrons. The smallest absolute Gasteiger partial charge is 0.336 e. The minimum Gasteiger partial charge on any atom is -0.463 e. The third-order valence-electron chi connectivity index (χ3n) is 6.32. The highest BCUT2D eigenvalue weighted by Crippen LogP contribution is 2.47. The molecule has 0 aromatic heterocycles. The number of rotatable bonds is 4. The Balaban J connectivity index is 1.60. The van der Waals surface area contributed by atoms with Gasteiger partial charge >= 0.3 is 5.97 Å². The maximum atomic E-state index is 13.5. The van der Waals surface area contributed by atoms with E-state index < -0.39 is 11.9 Å². The molecule has 5 rings (SSSR count). The fourth-order valence-electron chi connectivity index (χ4n) is 4.91. The Hall–Kier alpha value is -3.54. The minimum atomic E-state index is -0.510. The van der Waals surface area contributed by atoms with Crippen LogP contribution >= 0.6 is 0 Å². The van der Waals surface area contributed by atoms with Gasteiger partial charge in [-0.3, -0.25) is 4.79 Å². The number of Topliss-reactive ketones (excluding diaryl/α,β-unsaturated/α-hetero) is 1. The lowest BCUT2D eigenvalue weighted by atomic mass is 9.71. The quantitative estimate of drug-likeness (QED) is 0.726. The Morgan fingerprint density at radius 3 is 2.62 bits per heavy atom. The molecule has 6 nitrogen and oxygen atoms in total. The van der Waals surface area contributed by atoms with E-state index in [1.807, 2.05) is 43.3 Å². The van der Waals surface area contributed by atoms with Gasteiger partial charge in [0.05, 0.1) is 12.2 Å². The van der Waals surface area contributed by atoms with Crippen molar-refractivity contribution in [2.75, 3.05) is 13.4 Å². The van der Waals surface area contributed by atoms with Gasteiger partial charge in [-0.2, -0.15) is 0 Å². The molecule has 0 radical (unpaired) electrons. The molecule has 0 saturated heterocycles. The fraction of sp³-hybridized carbons (Fsp3) is 0.308. The summed E-state index contributed by atoms with van der Waals surface area (Å²) in [6.45, 7) is 4.07. The second-order valence-electron chi connectivity index (χ2n) is 8.26. The number of carbonyl (C=O) groups excluding carboxylic acids is 2. The van der Waals surface area contributed by atoms with E-state index in [9.17, 15) is 9.59 Å². The molecular weight excluding hydrogens is 406 g/mol. The Kier molecular flexibility index (Phi) is 5.21. The van der Waals surface area contributed by atoms with Crippen LogP contribution in [0.2, 0.25) is 0 Å². The molecule has 2 aliphatic heterocycles. The molecule has 0 spiro atoms. The summed E-state index contributed by atoms with van der Waals surface area (Å²) in [7, 11) is 0. The number of ketones is 1. The predicted molar refractivity (Wildman–Crippen MR) is 118 cm³/mol. The Morgan fingerprint density at radius 1 is 1.06 bits per heavy atom. The summed E-state index contributed by atoms with van der Waals surface area (Å²) in [5, 5.41) is 3.37. The molecule has 2 aromatic carbocycles. The lowest BCUT2D eigenvalue weighted by Crippen LogP contribution is -2.36. The van der Waals surface area contributed by atoms with Crippen molar-refractivity contribution in [1.82, 2.24) is 5.32 Å². The number of esters is 1. The monoisotopic (exact) mass is 431 g/mol. The Labute approximate surface area is 186 Å². The summed E-state index contributed by atoms with van der Waals surface area (Å²) in [4.78, 5) is 26.5. The van der Waals surface area contributed by atoms with Crippen LogP contribution < -0.4 is 14.8 Å². The van der Waals surface area contributed by atoms with E-state index in [-0.39, 0.29) is 25.1 Å². The lowest BCUT2D eigenvalue weighted by molar-refractivity contribution is -0.138. The van der Waals surface area contributed by atoms with Crippen molar-refractivity contribution in [3.8, 4) is 11.5 Å². The zero-order chi connectivity index (χ0) is 22.2. The molecule has 2 heterocycles. The van der Waals surface area contributed by atoms with Gasteiger partial charge in [0.2, 0.25) is 6.79 Å². The predicted octanol–water partition coefficient (Wildman–Crippen LogP) is 4.34. The Morgan fingerprint density at radius 2 is 1.84 bits per heavy atom. The van der Waals surface area contributed by atoms with Crippen LogP contribution in [0.4, 0.5) is 0 Å². The molecule has 2 aromatic rings. The molecule has 0 amide bonds.